The lowest BCUT2D eigenvalue weighted by molar-refractivity contribution is -0.0208. The molecule has 114 valence electrons. The van der Waals surface area contributed by atoms with E-state index in [9.17, 15) is 4.79 Å². The number of benzene rings is 2. The molecule has 1 aliphatic heterocycles. The van der Waals surface area contributed by atoms with Gasteiger partial charge < -0.3 is 9.64 Å². The van der Waals surface area contributed by atoms with Crippen molar-refractivity contribution in [3.8, 4) is 0 Å². The summed E-state index contributed by atoms with van der Waals surface area (Å²) in [6.45, 7) is 1.77. The molecule has 0 aromatic heterocycles. The van der Waals surface area contributed by atoms with Crippen molar-refractivity contribution >= 4 is 17.5 Å². The van der Waals surface area contributed by atoms with Crippen LogP contribution in [0.25, 0.3) is 0 Å². The number of rotatable bonds is 3. The van der Waals surface area contributed by atoms with Crippen molar-refractivity contribution < 1.29 is 9.53 Å². The molecular formula is C18H18ClNO2. The van der Waals surface area contributed by atoms with E-state index in [1.165, 1.54) is 5.56 Å². The molecule has 1 heterocycles. The largest absolute Gasteiger partial charge is 0.374 e. The zero-order valence-electron chi connectivity index (χ0n) is 12.2. The van der Waals surface area contributed by atoms with E-state index in [1.54, 1.807) is 12.1 Å². The first-order chi connectivity index (χ1) is 10.7. The molecule has 1 atom stereocenters. The molecule has 0 bridgehead atoms. The number of halogens is 1. The second-order valence-electron chi connectivity index (χ2n) is 5.41. The molecule has 22 heavy (non-hydrogen) atoms. The zero-order valence-corrected chi connectivity index (χ0v) is 13.0. The first kappa shape index (κ1) is 15.1. The van der Waals surface area contributed by atoms with E-state index >= 15 is 0 Å². The summed E-state index contributed by atoms with van der Waals surface area (Å²) in [5.41, 5.74) is 1.78. The summed E-state index contributed by atoms with van der Waals surface area (Å²) < 4.78 is 5.80. The highest BCUT2D eigenvalue weighted by Gasteiger charge is 2.26. The van der Waals surface area contributed by atoms with Crippen molar-refractivity contribution in [1.29, 1.82) is 0 Å². The van der Waals surface area contributed by atoms with Crippen LogP contribution in [0.3, 0.4) is 0 Å². The average Bonchev–Trinajstić information content (AvgIpc) is 2.56. The van der Waals surface area contributed by atoms with Crippen LogP contribution in [0.15, 0.2) is 54.6 Å². The molecule has 1 amide bonds. The SMILES string of the molecule is O=C(c1ccccc1Cl)N1CCOC(Cc2ccccc2)C1. The molecule has 0 aliphatic carbocycles. The predicted octanol–water partition coefficient (Wildman–Crippen LogP) is 3.42. The van der Waals surface area contributed by atoms with E-state index in [4.69, 9.17) is 16.3 Å². The van der Waals surface area contributed by atoms with Crippen molar-refractivity contribution in [1.82, 2.24) is 4.90 Å². The minimum absolute atomic E-state index is 0.0213. The monoisotopic (exact) mass is 315 g/mol. The van der Waals surface area contributed by atoms with Crippen LogP contribution < -0.4 is 0 Å². The first-order valence-corrected chi connectivity index (χ1v) is 7.81. The third kappa shape index (κ3) is 3.49. The van der Waals surface area contributed by atoms with Gasteiger partial charge in [-0.05, 0) is 17.7 Å². The molecule has 2 aromatic rings. The van der Waals surface area contributed by atoms with Crippen molar-refractivity contribution in [3.63, 3.8) is 0 Å². The molecule has 1 saturated heterocycles. The second-order valence-corrected chi connectivity index (χ2v) is 5.82. The van der Waals surface area contributed by atoms with E-state index in [0.29, 0.717) is 30.3 Å². The van der Waals surface area contributed by atoms with Gasteiger partial charge in [0.1, 0.15) is 0 Å². The smallest absolute Gasteiger partial charge is 0.255 e. The molecule has 0 saturated carbocycles. The zero-order chi connectivity index (χ0) is 15.4. The number of amides is 1. The molecular weight excluding hydrogens is 298 g/mol. The molecule has 1 fully saturated rings. The Kier molecular flexibility index (Phi) is 4.76. The summed E-state index contributed by atoms with van der Waals surface area (Å²) in [6, 6.07) is 17.4. The molecule has 3 rings (SSSR count). The predicted molar refractivity (Wildman–Crippen MR) is 87.2 cm³/mol. The number of carbonyl (C=O) groups excluding carboxylic acids is 1. The molecule has 2 aromatic carbocycles. The van der Waals surface area contributed by atoms with Gasteiger partial charge in [-0.15, -0.1) is 0 Å². The minimum atomic E-state index is -0.0213. The van der Waals surface area contributed by atoms with Crippen LogP contribution in [0.4, 0.5) is 0 Å². The highest BCUT2D eigenvalue weighted by atomic mass is 35.5. The Morgan fingerprint density at radius 3 is 2.64 bits per heavy atom. The molecule has 3 nitrogen and oxygen atoms in total. The van der Waals surface area contributed by atoms with Crippen molar-refractivity contribution in [2.45, 2.75) is 12.5 Å². The highest BCUT2D eigenvalue weighted by Crippen LogP contribution is 2.19. The van der Waals surface area contributed by atoms with Crippen LogP contribution in [0.1, 0.15) is 15.9 Å². The van der Waals surface area contributed by atoms with Crippen LogP contribution in [-0.2, 0) is 11.2 Å². The normalized spacial score (nSPS) is 18.2. The number of hydrogen-bond donors (Lipinski definition) is 0. The Hall–Kier alpha value is -1.84. The van der Waals surface area contributed by atoms with Crippen molar-refractivity contribution in [2.75, 3.05) is 19.7 Å². The summed E-state index contributed by atoms with van der Waals surface area (Å²) in [5.74, 6) is -0.0213. The van der Waals surface area contributed by atoms with Gasteiger partial charge in [0.05, 0.1) is 23.3 Å². The fourth-order valence-corrected chi connectivity index (χ4v) is 2.93. The van der Waals surface area contributed by atoms with Crippen molar-refractivity contribution in [2.24, 2.45) is 0 Å². The number of hydrogen-bond acceptors (Lipinski definition) is 2. The lowest BCUT2D eigenvalue weighted by Gasteiger charge is -2.33. The van der Waals surface area contributed by atoms with Gasteiger partial charge in [-0.3, -0.25) is 4.79 Å². The lowest BCUT2D eigenvalue weighted by atomic mass is 10.1. The van der Waals surface area contributed by atoms with E-state index in [0.717, 1.165) is 6.42 Å². The van der Waals surface area contributed by atoms with Gasteiger partial charge in [0.15, 0.2) is 0 Å². The highest BCUT2D eigenvalue weighted by molar-refractivity contribution is 6.33. The standard InChI is InChI=1S/C18H18ClNO2/c19-17-9-5-4-8-16(17)18(21)20-10-11-22-15(13-20)12-14-6-2-1-3-7-14/h1-9,15H,10-13H2. The Bertz CT molecular complexity index is 645. The maximum atomic E-state index is 12.6. The Morgan fingerprint density at radius 1 is 1.14 bits per heavy atom. The first-order valence-electron chi connectivity index (χ1n) is 7.43. The van der Waals surface area contributed by atoms with E-state index in [-0.39, 0.29) is 12.0 Å². The number of morpholine rings is 1. The second kappa shape index (κ2) is 6.95. The number of nitrogens with zero attached hydrogens (tertiary/aromatic N) is 1. The summed E-state index contributed by atoms with van der Waals surface area (Å²) in [4.78, 5) is 14.4. The van der Waals surface area contributed by atoms with Gasteiger partial charge in [0, 0.05) is 19.5 Å². The molecule has 0 N–H and O–H groups in total. The van der Waals surface area contributed by atoms with Gasteiger partial charge in [0.2, 0.25) is 0 Å². The third-order valence-electron chi connectivity index (χ3n) is 3.84. The lowest BCUT2D eigenvalue weighted by Crippen LogP contribution is -2.46. The third-order valence-corrected chi connectivity index (χ3v) is 4.17. The van der Waals surface area contributed by atoms with Crippen LogP contribution >= 0.6 is 11.6 Å². The van der Waals surface area contributed by atoms with Gasteiger partial charge in [-0.2, -0.15) is 0 Å². The maximum absolute atomic E-state index is 12.6. The fourth-order valence-electron chi connectivity index (χ4n) is 2.71. The topological polar surface area (TPSA) is 29.5 Å². The quantitative estimate of drug-likeness (QED) is 0.868. The van der Waals surface area contributed by atoms with Crippen molar-refractivity contribution in [3.05, 3.63) is 70.7 Å². The van der Waals surface area contributed by atoms with E-state index in [2.05, 4.69) is 12.1 Å². The Balaban J connectivity index is 1.68. The van der Waals surface area contributed by atoms with E-state index < -0.39 is 0 Å². The van der Waals surface area contributed by atoms with Crippen LogP contribution in [0.5, 0.6) is 0 Å². The fraction of sp³-hybridized carbons (Fsp3) is 0.278. The van der Waals surface area contributed by atoms with E-state index in [1.807, 2.05) is 35.2 Å². The van der Waals surface area contributed by atoms with Crippen LogP contribution in [0.2, 0.25) is 5.02 Å². The van der Waals surface area contributed by atoms with Gasteiger partial charge in [-0.1, -0.05) is 54.1 Å². The molecule has 4 heteroatoms. The van der Waals surface area contributed by atoms with Crippen LogP contribution in [0, 0.1) is 0 Å². The number of carbonyl (C=O) groups is 1. The van der Waals surface area contributed by atoms with Gasteiger partial charge in [-0.25, -0.2) is 0 Å². The van der Waals surface area contributed by atoms with Crippen LogP contribution in [-0.4, -0.2) is 36.6 Å². The van der Waals surface area contributed by atoms with Gasteiger partial charge >= 0.3 is 0 Å². The summed E-state index contributed by atoms with van der Waals surface area (Å²) in [6.07, 6.45) is 0.843. The Morgan fingerprint density at radius 2 is 1.86 bits per heavy atom. The molecule has 0 radical (unpaired) electrons. The maximum Gasteiger partial charge on any atom is 0.255 e. The number of ether oxygens (including phenoxy) is 1. The Labute approximate surface area is 135 Å². The average molecular weight is 316 g/mol. The molecule has 1 unspecified atom stereocenters. The van der Waals surface area contributed by atoms with Gasteiger partial charge in [0.25, 0.3) is 5.91 Å². The summed E-state index contributed by atoms with van der Waals surface area (Å²) in [5, 5.41) is 0.499. The molecule has 0 spiro atoms. The molecule has 1 aliphatic rings. The summed E-state index contributed by atoms with van der Waals surface area (Å²) in [7, 11) is 0. The minimum Gasteiger partial charge on any atom is -0.374 e. The summed E-state index contributed by atoms with van der Waals surface area (Å²) >= 11 is 6.13.